The highest BCUT2D eigenvalue weighted by Gasteiger charge is 2.22. The Balaban J connectivity index is 2.05. The van der Waals surface area contributed by atoms with Gasteiger partial charge in [0.25, 0.3) is 5.56 Å². The van der Waals surface area contributed by atoms with Crippen molar-refractivity contribution in [2.24, 2.45) is 5.92 Å². The van der Waals surface area contributed by atoms with E-state index >= 15 is 0 Å². The lowest BCUT2D eigenvalue weighted by atomic mass is 10.1. The van der Waals surface area contributed by atoms with E-state index in [0.29, 0.717) is 6.54 Å². The third-order valence-electron chi connectivity index (χ3n) is 2.82. The summed E-state index contributed by atoms with van der Waals surface area (Å²) in [5, 5.41) is 3.35. The zero-order chi connectivity index (χ0) is 12.5. The van der Waals surface area contributed by atoms with Crippen LogP contribution in [0.15, 0.2) is 10.9 Å². The lowest BCUT2D eigenvalue weighted by Gasteiger charge is -2.20. The number of nitrogens with zero attached hydrogens (tertiary/aromatic N) is 1. The van der Waals surface area contributed by atoms with E-state index in [1.807, 2.05) is 0 Å². The highest BCUT2D eigenvalue weighted by Crippen LogP contribution is 2.31. The molecule has 1 aliphatic rings. The van der Waals surface area contributed by atoms with Gasteiger partial charge in [-0.15, -0.1) is 0 Å². The van der Waals surface area contributed by atoms with Gasteiger partial charge in [0.05, 0.1) is 5.69 Å². The van der Waals surface area contributed by atoms with Crippen molar-refractivity contribution in [3.8, 4) is 0 Å². The summed E-state index contributed by atoms with van der Waals surface area (Å²) in [6, 6.07) is 1.58. The lowest BCUT2D eigenvalue weighted by Crippen LogP contribution is -2.35. The largest absolute Gasteiger partial charge is 0.311 e. The van der Waals surface area contributed by atoms with Gasteiger partial charge in [0.1, 0.15) is 5.82 Å². The Morgan fingerprint density at radius 3 is 2.76 bits per heavy atom. The maximum absolute atomic E-state index is 11.5. The SMILES string of the molecule is CC(C)(C)NCc1cc(=O)[nH]c(CC2CC2)n1. The number of hydrogen-bond donors (Lipinski definition) is 2. The molecule has 1 aliphatic carbocycles. The quantitative estimate of drug-likeness (QED) is 0.833. The minimum atomic E-state index is -0.0404. The third kappa shape index (κ3) is 4.30. The predicted molar refractivity (Wildman–Crippen MR) is 67.9 cm³/mol. The minimum absolute atomic E-state index is 0.0404. The summed E-state index contributed by atoms with van der Waals surface area (Å²) in [6.45, 7) is 6.95. The van der Waals surface area contributed by atoms with Crippen molar-refractivity contribution in [2.75, 3.05) is 0 Å². The molecule has 94 valence electrons. The van der Waals surface area contributed by atoms with Crippen molar-refractivity contribution in [3.63, 3.8) is 0 Å². The first-order valence-corrected chi connectivity index (χ1v) is 6.26. The Bertz CT molecular complexity index is 441. The first kappa shape index (κ1) is 12.3. The topological polar surface area (TPSA) is 57.8 Å². The van der Waals surface area contributed by atoms with Gasteiger partial charge in [-0.2, -0.15) is 0 Å². The highest BCUT2D eigenvalue weighted by atomic mass is 16.1. The van der Waals surface area contributed by atoms with E-state index in [4.69, 9.17) is 0 Å². The number of hydrogen-bond acceptors (Lipinski definition) is 3. The van der Waals surface area contributed by atoms with Crippen molar-refractivity contribution >= 4 is 0 Å². The van der Waals surface area contributed by atoms with E-state index in [-0.39, 0.29) is 11.1 Å². The zero-order valence-electron chi connectivity index (χ0n) is 10.8. The molecule has 4 nitrogen and oxygen atoms in total. The summed E-state index contributed by atoms with van der Waals surface area (Å²) >= 11 is 0. The van der Waals surface area contributed by atoms with Crippen LogP contribution in [0, 0.1) is 5.92 Å². The fourth-order valence-electron chi connectivity index (χ4n) is 1.70. The van der Waals surface area contributed by atoms with Crippen LogP contribution in [0.2, 0.25) is 0 Å². The molecule has 0 unspecified atom stereocenters. The third-order valence-corrected chi connectivity index (χ3v) is 2.82. The van der Waals surface area contributed by atoms with Crippen LogP contribution < -0.4 is 10.9 Å². The van der Waals surface area contributed by atoms with Crippen molar-refractivity contribution in [2.45, 2.75) is 52.1 Å². The molecule has 1 heterocycles. The van der Waals surface area contributed by atoms with Gasteiger partial charge in [-0.1, -0.05) is 0 Å². The van der Waals surface area contributed by atoms with Crippen LogP contribution in [0.25, 0.3) is 0 Å². The van der Waals surface area contributed by atoms with Gasteiger partial charge in [-0.25, -0.2) is 4.98 Å². The van der Waals surface area contributed by atoms with E-state index in [2.05, 4.69) is 36.1 Å². The molecule has 1 aromatic rings. The summed E-state index contributed by atoms with van der Waals surface area (Å²) in [6.07, 6.45) is 3.46. The first-order chi connectivity index (χ1) is 7.92. The molecule has 0 spiro atoms. The number of aromatic amines is 1. The monoisotopic (exact) mass is 235 g/mol. The number of rotatable bonds is 4. The van der Waals surface area contributed by atoms with Crippen molar-refractivity contribution in [3.05, 3.63) is 27.9 Å². The molecule has 1 saturated carbocycles. The molecule has 4 heteroatoms. The summed E-state index contributed by atoms with van der Waals surface area (Å²) in [5.41, 5.74) is 0.835. The van der Waals surface area contributed by atoms with Crippen molar-refractivity contribution < 1.29 is 0 Å². The van der Waals surface area contributed by atoms with Crippen LogP contribution in [0.1, 0.15) is 45.1 Å². The molecule has 2 rings (SSSR count). The second-order valence-electron chi connectivity index (χ2n) is 5.93. The molecule has 0 amide bonds. The molecular weight excluding hydrogens is 214 g/mol. The Morgan fingerprint density at radius 1 is 1.47 bits per heavy atom. The molecule has 1 aromatic heterocycles. The average molecular weight is 235 g/mol. The summed E-state index contributed by atoms with van der Waals surface area (Å²) in [7, 11) is 0. The van der Waals surface area contributed by atoms with Crippen LogP contribution in [-0.2, 0) is 13.0 Å². The molecule has 2 N–H and O–H groups in total. The molecule has 0 aliphatic heterocycles. The van der Waals surface area contributed by atoms with Crippen LogP contribution in [0.3, 0.4) is 0 Å². The second kappa shape index (κ2) is 4.61. The molecule has 17 heavy (non-hydrogen) atoms. The number of H-pyrrole nitrogens is 1. The highest BCUT2D eigenvalue weighted by molar-refractivity contribution is 5.04. The van der Waals surface area contributed by atoms with Crippen LogP contribution in [0.5, 0.6) is 0 Å². The predicted octanol–water partition coefficient (Wildman–Crippen LogP) is 1.61. The van der Waals surface area contributed by atoms with Crippen LogP contribution in [-0.4, -0.2) is 15.5 Å². The molecule has 0 bridgehead atoms. The van der Waals surface area contributed by atoms with E-state index in [1.165, 1.54) is 12.8 Å². The number of nitrogens with one attached hydrogen (secondary N) is 2. The fraction of sp³-hybridized carbons (Fsp3) is 0.692. The summed E-state index contributed by atoms with van der Waals surface area (Å²) in [4.78, 5) is 18.8. The molecule has 0 aromatic carbocycles. The maximum atomic E-state index is 11.5. The van der Waals surface area contributed by atoms with Gasteiger partial charge in [-0.05, 0) is 39.5 Å². The summed E-state index contributed by atoms with van der Waals surface area (Å²) in [5.74, 6) is 1.58. The Labute approximate surface area is 102 Å². The van der Waals surface area contributed by atoms with Crippen molar-refractivity contribution in [1.29, 1.82) is 0 Å². The second-order valence-corrected chi connectivity index (χ2v) is 5.93. The van der Waals surface area contributed by atoms with Crippen LogP contribution in [0.4, 0.5) is 0 Å². The Morgan fingerprint density at radius 2 is 2.18 bits per heavy atom. The standard InChI is InChI=1S/C13H21N3O/c1-13(2,3)14-8-10-7-12(17)16-11(15-10)6-9-4-5-9/h7,9,14H,4-6,8H2,1-3H3,(H,15,16,17). The fourth-order valence-corrected chi connectivity index (χ4v) is 1.70. The van der Waals surface area contributed by atoms with E-state index in [0.717, 1.165) is 23.9 Å². The minimum Gasteiger partial charge on any atom is -0.311 e. The first-order valence-electron chi connectivity index (χ1n) is 6.26. The van der Waals surface area contributed by atoms with Gasteiger partial charge >= 0.3 is 0 Å². The van der Waals surface area contributed by atoms with Crippen LogP contribution >= 0.6 is 0 Å². The van der Waals surface area contributed by atoms with Gasteiger partial charge in [-0.3, -0.25) is 4.79 Å². The van der Waals surface area contributed by atoms with E-state index < -0.39 is 0 Å². The maximum Gasteiger partial charge on any atom is 0.251 e. The van der Waals surface area contributed by atoms with Gasteiger partial charge < -0.3 is 10.3 Å². The smallest absolute Gasteiger partial charge is 0.251 e. The van der Waals surface area contributed by atoms with Crippen molar-refractivity contribution in [1.82, 2.24) is 15.3 Å². The average Bonchev–Trinajstić information content (AvgIpc) is 2.97. The molecule has 0 radical (unpaired) electrons. The lowest BCUT2D eigenvalue weighted by molar-refractivity contribution is 0.420. The Kier molecular flexibility index (Phi) is 3.33. The summed E-state index contributed by atoms with van der Waals surface area (Å²) < 4.78 is 0. The zero-order valence-corrected chi connectivity index (χ0v) is 10.8. The number of aromatic nitrogens is 2. The molecule has 1 fully saturated rings. The molecular formula is C13H21N3O. The van der Waals surface area contributed by atoms with Gasteiger partial charge in [0, 0.05) is 24.6 Å². The van der Waals surface area contributed by atoms with E-state index in [1.54, 1.807) is 6.07 Å². The van der Waals surface area contributed by atoms with E-state index in [9.17, 15) is 4.79 Å². The normalized spacial score (nSPS) is 16.2. The Hall–Kier alpha value is -1.16. The molecule has 0 atom stereocenters. The van der Waals surface area contributed by atoms with Gasteiger partial charge in [0.15, 0.2) is 0 Å². The van der Waals surface area contributed by atoms with Gasteiger partial charge in [0.2, 0.25) is 0 Å². The molecule has 0 saturated heterocycles.